The number of esters is 3. The number of hydrogen-bond acceptors (Lipinski definition) is 9. The molecule has 10 nitrogen and oxygen atoms in total. The van der Waals surface area contributed by atoms with E-state index < -0.39 is 55.0 Å². The molecule has 0 aromatic heterocycles. The monoisotopic (exact) mass is 403 g/mol. The summed E-state index contributed by atoms with van der Waals surface area (Å²) in [5, 5.41) is 12.9. The molecule has 0 spiro atoms. The van der Waals surface area contributed by atoms with E-state index in [-0.39, 0.29) is 12.5 Å². The highest BCUT2D eigenvalue weighted by molar-refractivity contribution is 5.69. The molecule has 0 saturated carbocycles. The van der Waals surface area contributed by atoms with Crippen LogP contribution < -0.4 is 5.32 Å². The molecule has 0 saturated heterocycles. The third-order valence-electron chi connectivity index (χ3n) is 3.45. The molecule has 0 aromatic carbocycles. The summed E-state index contributed by atoms with van der Waals surface area (Å²) in [6, 6.07) is -0.891. The van der Waals surface area contributed by atoms with Crippen molar-refractivity contribution in [1.82, 2.24) is 5.32 Å². The third kappa shape index (κ3) is 9.91. The molecular weight excluding hydrogens is 374 g/mol. The fourth-order valence-electron chi connectivity index (χ4n) is 2.33. The molecule has 2 N–H and O–H groups in total. The Hall–Kier alpha value is -2.62. The predicted octanol–water partition coefficient (Wildman–Crippen LogP) is 0.711. The van der Waals surface area contributed by atoms with Crippen LogP contribution in [0, 0.1) is 5.92 Å². The minimum atomic E-state index is -1.51. The van der Waals surface area contributed by atoms with E-state index in [2.05, 4.69) is 11.9 Å². The minimum Gasteiger partial charge on any atom is -0.463 e. The number of aliphatic hydroxyl groups excluding tert-OH is 1. The van der Waals surface area contributed by atoms with Gasteiger partial charge in [-0.05, 0) is 5.92 Å². The summed E-state index contributed by atoms with van der Waals surface area (Å²) >= 11 is 0. The van der Waals surface area contributed by atoms with Crippen LogP contribution in [-0.4, -0.2) is 66.7 Å². The van der Waals surface area contributed by atoms with Gasteiger partial charge in [0.05, 0.1) is 6.04 Å². The van der Waals surface area contributed by atoms with Crippen LogP contribution in [0.25, 0.3) is 0 Å². The molecule has 0 aliphatic rings. The van der Waals surface area contributed by atoms with E-state index >= 15 is 0 Å². The van der Waals surface area contributed by atoms with Gasteiger partial charge in [0, 0.05) is 20.8 Å². The highest BCUT2D eigenvalue weighted by Gasteiger charge is 2.42. The van der Waals surface area contributed by atoms with Crippen LogP contribution in [0.3, 0.4) is 0 Å². The normalized spacial score (nSPS) is 14.8. The van der Waals surface area contributed by atoms with E-state index in [0.29, 0.717) is 0 Å². The first-order chi connectivity index (χ1) is 13.0. The van der Waals surface area contributed by atoms with Crippen molar-refractivity contribution in [1.29, 1.82) is 0 Å². The molecule has 0 bridgehead atoms. The lowest BCUT2D eigenvalue weighted by Gasteiger charge is -2.36. The van der Waals surface area contributed by atoms with Crippen LogP contribution in [0.15, 0.2) is 12.7 Å². The number of amides is 1. The molecule has 28 heavy (non-hydrogen) atoms. The molecule has 0 fully saturated rings. The maximum Gasteiger partial charge on any atom is 0.407 e. The van der Waals surface area contributed by atoms with Crippen molar-refractivity contribution >= 4 is 24.0 Å². The van der Waals surface area contributed by atoms with Crippen molar-refractivity contribution in [2.75, 3.05) is 13.2 Å². The molecule has 0 rings (SSSR count). The van der Waals surface area contributed by atoms with Gasteiger partial charge in [-0.2, -0.15) is 0 Å². The van der Waals surface area contributed by atoms with Crippen LogP contribution in [0.2, 0.25) is 0 Å². The van der Waals surface area contributed by atoms with Gasteiger partial charge in [-0.1, -0.05) is 26.5 Å². The first kappa shape index (κ1) is 25.4. The standard InChI is InChI=1S/C18H29NO9/c1-7-8-25-18(24)19-15(10(2)3)17(28-13(6)22)16(27-12(5)21)14(23)9-26-11(4)20/h7,10,14-17,23H,1,8-9H2,2-6H3,(H,19,24)/t14?,15?,16-,17?/m0/s1. The third-order valence-corrected chi connectivity index (χ3v) is 3.45. The molecule has 3 unspecified atom stereocenters. The molecule has 4 atom stereocenters. The van der Waals surface area contributed by atoms with Gasteiger partial charge in [-0.15, -0.1) is 0 Å². The van der Waals surface area contributed by atoms with Gasteiger partial charge in [0.25, 0.3) is 0 Å². The number of carbonyl (C=O) groups excluding carboxylic acids is 4. The molecule has 0 radical (unpaired) electrons. The van der Waals surface area contributed by atoms with Crippen LogP contribution in [0.4, 0.5) is 4.79 Å². The molecule has 0 heterocycles. The lowest BCUT2D eigenvalue weighted by atomic mass is 9.92. The van der Waals surface area contributed by atoms with Gasteiger partial charge in [-0.25, -0.2) is 4.79 Å². The summed E-state index contributed by atoms with van der Waals surface area (Å²) in [6.07, 6.45) is -3.63. The highest BCUT2D eigenvalue weighted by atomic mass is 16.6. The van der Waals surface area contributed by atoms with Crippen LogP contribution >= 0.6 is 0 Å². The Labute approximate surface area is 164 Å². The summed E-state index contributed by atoms with van der Waals surface area (Å²) < 4.78 is 20.0. The van der Waals surface area contributed by atoms with Crippen molar-refractivity contribution in [3.8, 4) is 0 Å². The Morgan fingerprint density at radius 1 is 0.964 bits per heavy atom. The number of carbonyl (C=O) groups is 4. The molecule has 1 amide bonds. The van der Waals surface area contributed by atoms with E-state index in [0.717, 1.165) is 20.8 Å². The Kier molecular flexibility index (Phi) is 11.5. The van der Waals surface area contributed by atoms with Gasteiger partial charge >= 0.3 is 24.0 Å². The molecule has 0 aliphatic heterocycles. The van der Waals surface area contributed by atoms with Gasteiger partial charge in [-0.3, -0.25) is 14.4 Å². The molecule has 10 heteroatoms. The second-order valence-electron chi connectivity index (χ2n) is 6.32. The Morgan fingerprint density at radius 2 is 1.50 bits per heavy atom. The summed E-state index contributed by atoms with van der Waals surface area (Å²) in [6.45, 7) is 9.70. The van der Waals surface area contributed by atoms with E-state index in [1.165, 1.54) is 6.08 Å². The largest absolute Gasteiger partial charge is 0.463 e. The van der Waals surface area contributed by atoms with Crippen molar-refractivity contribution in [3.63, 3.8) is 0 Å². The topological polar surface area (TPSA) is 137 Å². The Balaban J connectivity index is 5.76. The molecule has 0 aromatic rings. The first-order valence-corrected chi connectivity index (χ1v) is 8.69. The van der Waals surface area contributed by atoms with E-state index in [4.69, 9.17) is 18.9 Å². The number of nitrogens with one attached hydrogen (secondary N) is 1. The minimum absolute atomic E-state index is 0.0443. The maximum absolute atomic E-state index is 12.0. The van der Waals surface area contributed by atoms with Crippen LogP contribution in [-0.2, 0) is 33.3 Å². The average Bonchev–Trinajstić information content (AvgIpc) is 2.58. The van der Waals surface area contributed by atoms with Gasteiger partial charge in [0.1, 0.15) is 19.3 Å². The number of hydrogen-bond donors (Lipinski definition) is 2. The fourth-order valence-corrected chi connectivity index (χ4v) is 2.33. The van der Waals surface area contributed by atoms with Crippen molar-refractivity contribution in [3.05, 3.63) is 12.7 Å². The predicted molar refractivity (Wildman–Crippen MR) is 97.1 cm³/mol. The zero-order valence-electron chi connectivity index (χ0n) is 16.8. The van der Waals surface area contributed by atoms with Crippen molar-refractivity contribution < 1.29 is 43.2 Å². The summed E-state index contributed by atoms with van der Waals surface area (Å²) in [4.78, 5) is 46.2. The lowest BCUT2D eigenvalue weighted by molar-refractivity contribution is -0.183. The Morgan fingerprint density at radius 3 is 1.93 bits per heavy atom. The number of ether oxygens (including phenoxy) is 4. The van der Waals surface area contributed by atoms with E-state index in [1.54, 1.807) is 13.8 Å². The first-order valence-electron chi connectivity index (χ1n) is 8.69. The molecule has 160 valence electrons. The van der Waals surface area contributed by atoms with Crippen molar-refractivity contribution in [2.24, 2.45) is 5.92 Å². The lowest BCUT2D eigenvalue weighted by Crippen LogP contribution is -2.57. The van der Waals surface area contributed by atoms with Gasteiger partial charge in [0.2, 0.25) is 0 Å². The quantitative estimate of drug-likeness (QED) is 0.290. The van der Waals surface area contributed by atoms with Gasteiger partial charge in [0.15, 0.2) is 12.2 Å². The zero-order chi connectivity index (χ0) is 21.9. The molecular formula is C18H29NO9. The van der Waals surface area contributed by atoms with Crippen molar-refractivity contribution in [2.45, 2.75) is 59.0 Å². The summed E-state index contributed by atoms with van der Waals surface area (Å²) in [5.41, 5.74) is 0. The number of aliphatic hydroxyl groups is 1. The van der Waals surface area contributed by atoms with E-state index in [1.807, 2.05) is 0 Å². The van der Waals surface area contributed by atoms with E-state index in [9.17, 15) is 24.3 Å². The second kappa shape index (κ2) is 12.7. The molecule has 0 aliphatic carbocycles. The number of alkyl carbamates (subject to hydrolysis) is 1. The van der Waals surface area contributed by atoms with Crippen LogP contribution in [0.1, 0.15) is 34.6 Å². The smallest absolute Gasteiger partial charge is 0.407 e. The SMILES string of the molecule is C=CCOC(=O)NC(C(C)C)C(OC(C)=O)[C@@H](OC(C)=O)C(O)COC(C)=O. The number of rotatable bonds is 11. The second-order valence-corrected chi connectivity index (χ2v) is 6.32. The summed E-state index contributed by atoms with van der Waals surface area (Å²) in [7, 11) is 0. The fraction of sp³-hybridized carbons (Fsp3) is 0.667. The average molecular weight is 403 g/mol. The zero-order valence-corrected chi connectivity index (χ0v) is 16.8. The van der Waals surface area contributed by atoms with Gasteiger partial charge < -0.3 is 29.4 Å². The maximum atomic E-state index is 12.0. The Bertz CT molecular complexity index is 561. The van der Waals surface area contributed by atoms with Crippen LogP contribution in [0.5, 0.6) is 0 Å². The highest BCUT2D eigenvalue weighted by Crippen LogP contribution is 2.20. The summed E-state index contributed by atoms with van der Waals surface area (Å²) in [5.74, 6) is -2.47.